The molecule has 4 atom stereocenters. The third-order valence-electron chi connectivity index (χ3n) is 4.77. The van der Waals surface area contributed by atoms with Gasteiger partial charge in [0.25, 0.3) is 5.91 Å². The minimum Gasteiger partial charge on any atom is -0.363 e. The molecule has 1 amide bonds. The number of hydrogen-bond donors (Lipinski definition) is 0. The van der Waals surface area contributed by atoms with Crippen LogP contribution in [0.25, 0.3) is 10.4 Å². The second-order valence-corrected chi connectivity index (χ2v) is 6.20. The van der Waals surface area contributed by atoms with Gasteiger partial charge in [0.05, 0.1) is 6.61 Å². The van der Waals surface area contributed by atoms with Gasteiger partial charge in [-0.15, -0.1) is 6.58 Å². The molecule has 0 aliphatic carbocycles. The van der Waals surface area contributed by atoms with Crippen LogP contribution in [0.15, 0.2) is 48.1 Å². The minimum absolute atomic E-state index is 0.0428. The lowest BCUT2D eigenvalue weighted by Gasteiger charge is -2.46. The monoisotopic (exact) mass is 328 g/mol. The summed E-state index contributed by atoms with van der Waals surface area (Å²) >= 11 is 0. The highest BCUT2D eigenvalue weighted by atomic mass is 16.5. The highest BCUT2D eigenvalue weighted by Gasteiger charge is 2.44. The first kappa shape index (κ1) is 18.0. The van der Waals surface area contributed by atoms with Crippen molar-refractivity contribution in [3.8, 4) is 0 Å². The molecule has 1 aromatic carbocycles. The highest BCUT2D eigenvalue weighted by Crippen LogP contribution is 2.32. The first-order valence-electron chi connectivity index (χ1n) is 8.18. The summed E-state index contributed by atoms with van der Waals surface area (Å²) in [6.07, 6.45) is 1.19. The van der Waals surface area contributed by atoms with Gasteiger partial charge >= 0.3 is 0 Å². The topological polar surface area (TPSA) is 78.3 Å². The molecule has 4 unspecified atom stereocenters. The summed E-state index contributed by atoms with van der Waals surface area (Å²) < 4.78 is 5.96. The first-order valence-corrected chi connectivity index (χ1v) is 8.18. The molecule has 6 heteroatoms. The van der Waals surface area contributed by atoms with Gasteiger partial charge in [-0.2, -0.15) is 0 Å². The molecule has 1 saturated heterocycles. The van der Waals surface area contributed by atoms with Crippen LogP contribution in [0.1, 0.15) is 19.4 Å². The zero-order valence-electron chi connectivity index (χ0n) is 14.2. The van der Waals surface area contributed by atoms with E-state index >= 15 is 0 Å². The van der Waals surface area contributed by atoms with E-state index in [9.17, 15) is 4.79 Å². The van der Waals surface area contributed by atoms with Crippen molar-refractivity contribution in [2.24, 2.45) is 17.0 Å². The van der Waals surface area contributed by atoms with Crippen molar-refractivity contribution in [2.45, 2.75) is 32.6 Å². The molecule has 0 bridgehead atoms. The van der Waals surface area contributed by atoms with Crippen molar-refractivity contribution in [2.75, 3.05) is 13.1 Å². The van der Waals surface area contributed by atoms with Crippen molar-refractivity contribution in [3.05, 3.63) is 59.0 Å². The van der Waals surface area contributed by atoms with E-state index in [-0.39, 0.29) is 30.3 Å². The number of nitrogens with zero attached hydrogens (tertiary/aromatic N) is 4. The number of benzene rings is 1. The predicted molar refractivity (Wildman–Crippen MR) is 93.1 cm³/mol. The predicted octanol–water partition coefficient (Wildman–Crippen LogP) is 3.55. The third kappa shape index (κ3) is 3.96. The quantitative estimate of drug-likeness (QED) is 0.332. The molecule has 6 nitrogen and oxygen atoms in total. The molecule has 1 aliphatic rings. The van der Waals surface area contributed by atoms with Gasteiger partial charge in [0.15, 0.2) is 0 Å². The van der Waals surface area contributed by atoms with Gasteiger partial charge < -0.3 is 9.64 Å². The maximum Gasteiger partial charge on any atom is 0.252 e. The summed E-state index contributed by atoms with van der Waals surface area (Å²) in [6.45, 7) is 8.92. The van der Waals surface area contributed by atoms with Crippen LogP contribution in [0, 0.1) is 11.8 Å². The van der Waals surface area contributed by atoms with Crippen molar-refractivity contribution in [1.82, 2.24) is 4.90 Å². The van der Waals surface area contributed by atoms with Crippen LogP contribution in [-0.2, 0) is 16.1 Å². The molecule has 1 aromatic rings. The lowest BCUT2D eigenvalue weighted by Crippen LogP contribution is -2.59. The minimum atomic E-state index is -0.498. The number of piperidine rings is 1. The smallest absolute Gasteiger partial charge is 0.252 e. The van der Waals surface area contributed by atoms with Crippen LogP contribution in [-0.4, -0.2) is 36.0 Å². The van der Waals surface area contributed by atoms with Gasteiger partial charge in [-0.05, 0) is 22.9 Å². The number of likely N-dealkylation sites (tertiary alicyclic amines) is 1. The fourth-order valence-corrected chi connectivity index (χ4v) is 3.19. The summed E-state index contributed by atoms with van der Waals surface area (Å²) in [4.78, 5) is 17.4. The molecular formula is C18H24N4O2. The second kappa shape index (κ2) is 8.52. The molecular weight excluding hydrogens is 304 g/mol. The molecule has 1 fully saturated rings. The van der Waals surface area contributed by atoms with Crippen LogP contribution in [0.2, 0.25) is 0 Å². The number of carbonyl (C=O) groups excluding carboxylic acids is 1. The van der Waals surface area contributed by atoms with Gasteiger partial charge in [0.1, 0.15) is 6.10 Å². The Morgan fingerprint density at radius 1 is 1.33 bits per heavy atom. The summed E-state index contributed by atoms with van der Waals surface area (Å²) in [6, 6.07) is 9.69. The maximum absolute atomic E-state index is 12.9. The zero-order valence-corrected chi connectivity index (χ0v) is 14.2. The van der Waals surface area contributed by atoms with Crippen LogP contribution < -0.4 is 0 Å². The maximum atomic E-state index is 12.9. The van der Waals surface area contributed by atoms with E-state index in [1.807, 2.05) is 37.3 Å². The molecule has 0 saturated carbocycles. The number of ether oxygens (including phenoxy) is 1. The highest BCUT2D eigenvalue weighted by molar-refractivity contribution is 5.82. The zero-order chi connectivity index (χ0) is 17.5. The Balaban J connectivity index is 2.15. The van der Waals surface area contributed by atoms with Crippen LogP contribution >= 0.6 is 0 Å². The van der Waals surface area contributed by atoms with Gasteiger partial charge in [-0.1, -0.05) is 55.4 Å². The Labute approximate surface area is 142 Å². The Morgan fingerprint density at radius 3 is 2.67 bits per heavy atom. The summed E-state index contributed by atoms with van der Waals surface area (Å²) in [5, 5.41) is 3.68. The van der Waals surface area contributed by atoms with E-state index in [1.54, 1.807) is 11.0 Å². The molecule has 0 spiro atoms. The van der Waals surface area contributed by atoms with E-state index < -0.39 is 6.10 Å². The van der Waals surface area contributed by atoms with Crippen LogP contribution in [0.3, 0.4) is 0 Å². The van der Waals surface area contributed by atoms with E-state index in [0.29, 0.717) is 13.2 Å². The SMILES string of the molecule is C=CCN1C(=O)C(OCc2ccccc2)C(C)C(C)C1CN=[N+]=[N-]. The van der Waals surface area contributed by atoms with E-state index in [4.69, 9.17) is 10.3 Å². The average molecular weight is 328 g/mol. The fraction of sp³-hybridized carbons (Fsp3) is 0.500. The lowest BCUT2D eigenvalue weighted by atomic mass is 9.79. The largest absolute Gasteiger partial charge is 0.363 e. The molecule has 128 valence electrons. The van der Waals surface area contributed by atoms with Crippen LogP contribution in [0.5, 0.6) is 0 Å². The molecule has 0 aromatic heterocycles. The molecule has 0 radical (unpaired) electrons. The molecule has 1 aliphatic heterocycles. The standard InChI is InChI=1S/C18H24N4O2/c1-4-10-22-16(11-20-21-19)13(2)14(3)17(18(22)23)24-12-15-8-6-5-7-9-15/h4-9,13-14,16-17H,1,10-12H2,2-3H3. The first-order chi connectivity index (χ1) is 11.6. The number of azide groups is 1. The van der Waals surface area contributed by atoms with Crippen molar-refractivity contribution >= 4 is 5.91 Å². The van der Waals surface area contributed by atoms with Crippen LogP contribution in [0.4, 0.5) is 0 Å². The van der Waals surface area contributed by atoms with Gasteiger partial charge in [0, 0.05) is 24.0 Å². The Hall–Kier alpha value is -2.30. The van der Waals surface area contributed by atoms with Gasteiger partial charge in [0.2, 0.25) is 0 Å². The summed E-state index contributed by atoms with van der Waals surface area (Å²) in [7, 11) is 0. The summed E-state index contributed by atoms with van der Waals surface area (Å²) in [5.74, 6) is 0.143. The van der Waals surface area contributed by atoms with E-state index in [2.05, 4.69) is 23.5 Å². The molecule has 24 heavy (non-hydrogen) atoms. The normalized spacial score (nSPS) is 26.8. The Bertz CT molecular complexity index is 613. The van der Waals surface area contributed by atoms with Gasteiger partial charge in [-0.3, -0.25) is 4.79 Å². The average Bonchev–Trinajstić information content (AvgIpc) is 2.60. The third-order valence-corrected chi connectivity index (χ3v) is 4.77. The Morgan fingerprint density at radius 2 is 2.04 bits per heavy atom. The van der Waals surface area contributed by atoms with Crippen molar-refractivity contribution in [3.63, 3.8) is 0 Å². The number of rotatable bonds is 7. The molecule has 0 N–H and O–H groups in total. The number of carbonyl (C=O) groups is 1. The second-order valence-electron chi connectivity index (χ2n) is 6.20. The van der Waals surface area contributed by atoms with E-state index in [0.717, 1.165) is 5.56 Å². The number of hydrogen-bond acceptors (Lipinski definition) is 3. The molecule has 1 heterocycles. The fourth-order valence-electron chi connectivity index (χ4n) is 3.19. The Kier molecular flexibility index (Phi) is 6.41. The van der Waals surface area contributed by atoms with E-state index in [1.165, 1.54) is 0 Å². The van der Waals surface area contributed by atoms with Gasteiger partial charge in [-0.25, -0.2) is 0 Å². The number of amides is 1. The van der Waals surface area contributed by atoms with Crippen molar-refractivity contribution < 1.29 is 9.53 Å². The lowest BCUT2D eigenvalue weighted by molar-refractivity contribution is -0.162. The summed E-state index contributed by atoms with van der Waals surface area (Å²) in [5.41, 5.74) is 9.64. The van der Waals surface area contributed by atoms with Crippen molar-refractivity contribution in [1.29, 1.82) is 0 Å². The molecule has 2 rings (SSSR count).